The van der Waals surface area contributed by atoms with E-state index in [-0.39, 0.29) is 6.42 Å². The molecule has 0 aliphatic heterocycles. The van der Waals surface area contributed by atoms with Gasteiger partial charge in [0.2, 0.25) is 0 Å². The van der Waals surface area contributed by atoms with Gasteiger partial charge in [0, 0.05) is 15.4 Å². The highest BCUT2D eigenvalue weighted by molar-refractivity contribution is 6.39. The highest BCUT2D eigenvalue weighted by atomic mass is 35.5. The van der Waals surface area contributed by atoms with Gasteiger partial charge in [-0.05, 0) is 17.0 Å². The molecule has 0 saturated heterocycles. The van der Waals surface area contributed by atoms with Crippen LogP contribution in [0.2, 0.25) is 10.0 Å². The van der Waals surface area contributed by atoms with E-state index in [9.17, 15) is 4.79 Å². The van der Waals surface area contributed by atoms with Gasteiger partial charge in [-0.15, -0.1) is 0 Å². The summed E-state index contributed by atoms with van der Waals surface area (Å²) in [6.07, 6.45) is -0.101. The molecule has 0 atom stereocenters. The predicted molar refractivity (Wildman–Crippen MR) is 65.3 cm³/mol. The molecule has 0 bridgehead atoms. The van der Waals surface area contributed by atoms with E-state index in [1.807, 2.05) is 24.3 Å². The van der Waals surface area contributed by atoms with Crippen molar-refractivity contribution in [2.24, 2.45) is 0 Å². The van der Waals surface area contributed by atoms with E-state index in [2.05, 4.69) is 0 Å². The maximum atomic E-state index is 10.8. The van der Waals surface area contributed by atoms with Crippen LogP contribution in [-0.4, -0.2) is 11.1 Å². The van der Waals surface area contributed by atoms with Crippen LogP contribution in [0.4, 0.5) is 0 Å². The molecule has 2 aromatic rings. The summed E-state index contributed by atoms with van der Waals surface area (Å²) in [4.78, 5) is 10.8. The Hall–Kier alpha value is -1.25. The van der Waals surface area contributed by atoms with Crippen LogP contribution in [-0.2, 0) is 11.2 Å². The topological polar surface area (TPSA) is 37.3 Å². The number of carbonyl (C=O) groups is 1. The smallest absolute Gasteiger partial charge is 0.307 e. The Balaban J connectivity index is 2.76. The van der Waals surface area contributed by atoms with Crippen molar-refractivity contribution in [3.8, 4) is 0 Å². The largest absolute Gasteiger partial charge is 0.481 e. The Bertz CT molecular complexity index is 564. The average Bonchev–Trinajstić information content (AvgIpc) is 2.24. The summed E-state index contributed by atoms with van der Waals surface area (Å²) in [5.41, 5.74) is 0.606. The molecule has 4 heteroatoms. The second-order valence-electron chi connectivity index (χ2n) is 3.43. The van der Waals surface area contributed by atoms with Crippen LogP contribution >= 0.6 is 23.2 Å². The molecular weight excluding hydrogens is 247 g/mol. The van der Waals surface area contributed by atoms with Gasteiger partial charge in [-0.1, -0.05) is 47.5 Å². The van der Waals surface area contributed by atoms with Gasteiger partial charge >= 0.3 is 5.97 Å². The van der Waals surface area contributed by atoms with Gasteiger partial charge in [0.25, 0.3) is 0 Å². The lowest BCUT2D eigenvalue weighted by Gasteiger charge is -2.08. The fourth-order valence-electron chi connectivity index (χ4n) is 1.69. The Morgan fingerprint density at radius 2 is 1.75 bits per heavy atom. The van der Waals surface area contributed by atoms with Crippen molar-refractivity contribution in [3.05, 3.63) is 45.9 Å². The summed E-state index contributed by atoms with van der Waals surface area (Å²) >= 11 is 12.0. The molecule has 2 rings (SSSR count). The third-order valence-corrected chi connectivity index (χ3v) is 3.03. The molecule has 0 radical (unpaired) electrons. The minimum absolute atomic E-state index is 0.101. The number of carboxylic acids is 1. The molecule has 0 unspecified atom stereocenters. The number of halogens is 2. The van der Waals surface area contributed by atoms with Crippen LogP contribution in [0.1, 0.15) is 5.56 Å². The van der Waals surface area contributed by atoms with E-state index < -0.39 is 5.97 Å². The van der Waals surface area contributed by atoms with E-state index in [0.717, 1.165) is 10.8 Å². The maximum Gasteiger partial charge on any atom is 0.307 e. The SMILES string of the molecule is O=C(O)Cc1c(Cl)cc(Cl)c2ccccc12. The maximum absolute atomic E-state index is 10.8. The third kappa shape index (κ3) is 1.99. The lowest BCUT2D eigenvalue weighted by atomic mass is 10.0. The minimum atomic E-state index is -0.908. The summed E-state index contributed by atoms with van der Waals surface area (Å²) in [6, 6.07) is 8.95. The molecule has 16 heavy (non-hydrogen) atoms. The standard InChI is InChI=1S/C12H8Cl2O2/c13-10-6-11(14)9(5-12(15)16)7-3-1-2-4-8(7)10/h1-4,6H,5H2,(H,15,16). The molecule has 1 N–H and O–H groups in total. The molecule has 0 fully saturated rings. The van der Waals surface area contributed by atoms with Crippen molar-refractivity contribution in [1.82, 2.24) is 0 Å². The zero-order valence-electron chi connectivity index (χ0n) is 8.21. The molecular formula is C12H8Cl2O2. The number of hydrogen-bond acceptors (Lipinski definition) is 1. The van der Waals surface area contributed by atoms with Crippen LogP contribution < -0.4 is 0 Å². The number of aliphatic carboxylic acids is 1. The summed E-state index contributed by atoms with van der Waals surface area (Å²) in [6.45, 7) is 0. The van der Waals surface area contributed by atoms with E-state index in [0.29, 0.717) is 15.6 Å². The zero-order chi connectivity index (χ0) is 11.7. The third-order valence-electron chi connectivity index (χ3n) is 2.38. The fraction of sp³-hybridized carbons (Fsp3) is 0.0833. The quantitative estimate of drug-likeness (QED) is 0.886. The van der Waals surface area contributed by atoms with E-state index in [1.165, 1.54) is 0 Å². The van der Waals surface area contributed by atoms with Crippen LogP contribution in [0.25, 0.3) is 10.8 Å². The van der Waals surface area contributed by atoms with Gasteiger partial charge in [-0.2, -0.15) is 0 Å². The molecule has 0 spiro atoms. The molecule has 0 amide bonds. The molecule has 0 aliphatic rings. The first-order chi connectivity index (χ1) is 7.59. The predicted octanol–water partition coefficient (Wildman–Crippen LogP) is 3.77. The van der Waals surface area contributed by atoms with E-state index in [4.69, 9.17) is 28.3 Å². The molecule has 2 nitrogen and oxygen atoms in total. The van der Waals surface area contributed by atoms with Crippen LogP contribution in [0.15, 0.2) is 30.3 Å². The Labute approximate surface area is 102 Å². The highest BCUT2D eigenvalue weighted by Gasteiger charge is 2.12. The van der Waals surface area contributed by atoms with Crippen molar-refractivity contribution >= 4 is 39.9 Å². The summed E-state index contributed by atoms with van der Waals surface area (Å²) < 4.78 is 0. The van der Waals surface area contributed by atoms with Crippen molar-refractivity contribution in [2.75, 3.05) is 0 Å². The number of carboxylic acid groups (broad SMARTS) is 1. The first-order valence-corrected chi connectivity index (χ1v) is 5.42. The Morgan fingerprint density at radius 1 is 1.12 bits per heavy atom. The number of fused-ring (bicyclic) bond motifs is 1. The number of benzene rings is 2. The molecule has 0 heterocycles. The van der Waals surface area contributed by atoms with Crippen molar-refractivity contribution in [3.63, 3.8) is 0 Å². The zero-order valence-corrected chi connectivity index (χ0v) is 9.72. The average molecular weight is 255 g/mol. The molecule has 0 saturated carbocycles. The van der Waals surface area contributed by atoms with Crippen molar-refractivity contribution in [2.45, 2.75) is 6.42 Å². The Morgan fingerprint density at radius 3 is 2.38 bits per heavy atom. The summed E-state index contributed by atoms with van der Waals surface area (Å²) in [5, 5.41) is 11.4. The van der Waals surface area contributed by atoms with Crippen LogP contribution in [0.3, 0.4) is 0 Å². The lowest BCUT2D eigenvalue weighted by Crippen LogP contribution is -2.01. The normalized spacial score (nSPS) is 10.6. The van der Waals surface area contributed by atoms with Crippen LogP contribution in [0.5, 0.6) is 0 Å². The second-order valence-corrected chi connectivity index (χ2v) is 4.25. The van der Waals surface area contributed by atoms with Gasteiger partial charge in [0.1, 0.15) is 0 Å². The van der Waals surface area contributed by atoms with Gasteiger partial charge in [0.15, 0.2) is 0 Å². The second kappa shape index (κ2) is 4.32. The summed E-state index contributed by atoms with van der Waals surface area (Å²) in [7, 11) is 0. The van der Waals surface area contributed by atoms with Crippen molar-refractivity contribution in [1.29, 1.82) is 0 Å². The highest BCUT2D eigenvalue weighted by Crippen LogP contribution is 2.32. The number of hydrogen-bond donors (Lipinski definition) is 1. The molecule has 82 valence electrons. The molecule has 2 aromatic carbocycles. The van der Waals surface area contributed by atoms with Gasteiger partial charge in [-0.25, -0.2) is 0 Å². The van der Waals surface area contributed by atoms with Gasteiger partial charge in [0.05, 0.1) is 6.42 Å². The lowest BCUT2D eigenvalue weighted by molar-refractivity contribution is -0.136. The first kappa shape index (κ1) is 11.2. The Kier molecular flexibility index (Phi) is 3.03. The monoisotopic (exact) mass is 254 g/mol. The van der Waals surface area contributed by atoms with E-state index >= 15 is 0 Å². The van der Waals surface area contributed by atoms with Crippen LogP contribution in [0, 0.1) is 0 Å². The molecule has 0 aromatic heterocycles. The minimum Gasteiger partial charge on any atom is -0.481 e. The van der Waals surface area contributed by atoms with E-state index in [1.54, 1.807) is 6.07 Å². The van der Waals surface area contributed by atoms with Crippen molar-refractivity contribution < 1.29 is 9.90 Å². The number of rotatable bonds is 2. The molecule has 0 aliphatic carbocycles. The first-order valence-electron chi connectivity index (χ1n) is 4.67. The summed E-state index contributed by atoms with van der Waals surface area (Å²) in [5.74, 6) is -0.908. The fourth-order valence-corrected chi connectivity index (χ4v) is 2.30. The van der Waals surface area contributed by atoms with Gasteiger partial charge in [-0.3, -0.25) is 4.79 Å². The van der Waals surface area contributed by atoms with Gasteiger partial charge < -0.3 is 5.11 Å².